The van der Waals surface area contributed by atoms with Gasteiger partial charge in [-0.1, -0.05) is 42.0 Å². The van der Waals surface area contributed by atoms with Crippen LogP contribution >= 0.6 is 0 Å². The quantitative estimate of drug-likeness (QED) is 0.756. The zero-order chi connectivity index (χ0) is 18.6. The van der Waals surface area contributed by atoms with Gasteiger partial charge < -0.3 is 14.8 Å². The number of aromatic nitrogens is 2. The topological polar surface area (TPSA) is 50.2 Å². The van der Waals surface area contributed by atoms with Gasteiger partial charge in [0.1, 0.15) is 0 Å². The average molecular weight is 360 g/mol. The summed E-state index contributed by atoms with van der Waals surface area (Å²) in [6.45, 7) is 4.30. The minimum absolute atomic E-state index is 0.0172. The van der Waals surface area contributed by atoms with Crippen molar-refractivity contribution in [2.45, 2.75) is 19.9 Å². The molecular formula is C22H24N4O. The van der Waals surface area contributed by atoms with Crippen LogP contribution in [-0.4, -0.2) is 33.6 Å². The number of imidazole rings is 1. The number of carbonyl (C=O) groups excluding carboxylic acids is 1. The van der Waals surface area contributed by atoms with E-state index in [1.54, 1.807) is 12.5 Å². The van der Waals surface area contributed by atoms with Crippen molar-refractivity contribution >= 4 is 6.03 Å². The molecule has 5 nitrogen and oxygen atoms in total. The molecule has 27 heavy (non-hydrogen) atoms. The highest BCUT2D eigenvalue weighted by atomic mass is 16.2. The molecule has 0 unspecified atom stereocenters. The number of urea groups is 1. The largest absolute Gasteiger partial charge is 0.334 e. The smallest absolute Gasteiger partial charge is 0.317 e. The molecule has 1 aliphatic heterocycles. The molecule has 1 fully saturated rings. The fourth-order valence-corrected chi connectivity index (χ4v) is 3.57. The van der Waals surface area contributed by atoms with Gasteiger partial charge in [-0.2, -0.15) is 0 Å². The maximum Gasteiger partial charge on any atom is 0.317 e. The predicted octanol–water partition coefficient (Wildman–Crippen LogP) is 3.56. The molecule has 138 valence electrons. The Balaban J connectivity index is 1.26. The van der Waals surface area contributed by atoms with Gasteiger partial charge in [-0.25, -0.2) is 9.78 Å². The Bertz CT molecular complexity index is 914. The van der Waals surface area contributed by atoms with Crippen molar-refractivity contribution in [2.24, 2.45) is 5.92 Å². The van der Waals surface area contributed by atoms with E-state index in [2.05, 4.69) is 47.6 Å². The Morgan fingerprint density at radius 2 is 1.96 bits per heavy atom. The summed E-state index contributed by atoms with van der Waals surface area (Å²) >= 11 is 0. The summed E-state index contributed by atoms with van der Waals surface area (Å²) in [6.07, 6.45) is 6.47. The van der Waals surface area contributed by atoms with Crippen molar-refractivity contribution in [2.75, 3.05) is 13.1 Å². The summed E-state index contributed by atoms with van der Waals surface area (Å²) in [5.41, 5.74) is 4.77. The van der Waals surface area contributed by atoms with Crippen molar-refractivity contribution in [3.63, 3.8) is 0 Å². The van der Waals surface area contributed by atoms with Gasteiger partial charge in [0.15, 0.2) is 0 Å². The first kappa shape index (κ1) is 17.3. The van der Waals surface area contributed by atoms with Gasteiger partial charge in [0, 0.05) is 37.7 Å². The highest BCUT2D eigenvalue weighted by Crippen LogP contribution is 2.21. The van der Waals surface area contributed by atoms with Gasteiger partial charge in [0.05, 0.1) is 6.33 Å². The number of likely N-dealkylation sites (tertiary alicyclic amines) is 1. The lowest BCUT2D eigenvalue weighted by Gasteiger charge is -2.39. The zero-order valence-electron chi connectivity index (χ0n) is 15.5. The van der Waals surface area contributed by atoms with Gasteiger partial charge >= 0.3 is 6.03 Å². The van der Waals surface area contributed by atoms with Crippen LogP contribution in [-0.2, 0) is 13.0 Å². The lowest BCUT2D eigenvalue weighted by atomic mass is 9.92. The monoisotopic (exact) mass is 360 g/mol. The van der Waals surface area contributed by atoms with E-state index in [-0.39, 0.29) is 6.03 Å². The van der Waals surface area contributed by atoms with Crippen molar-refractivity contribution in [3.8, 4) is 5.69 Å². The minimum atomic E-state index is 0.0172. The van der Waals surface area contributed by atoms with Gasteiger partial charge in [-0.05, 0) is 42.5 Å². The van der Waals surface area contributed by atoms with Crippen LogP contribution in [0.2, 0.25) is 0 Å². The molecule has 1 saturated heterocycles. The Labute approximate surface area is 159 Å². The number of carbonyl (C=O) groups is 1. The third kappa shape index (κ3) is 4.19. The van der Waals surface area contributed by atoms with Crippen molar-refractivity contribution in [3.05, 3.63) is 83.9 Å². The second-order valence-corrected chi connectivity index (χ2v) is 7.26. The SMILES string of the molecule is Cc1cccc(CC2CN(C(=O)NCc3cccc(-n4ccnc4)c3)C2)c1. The Morgan fingerprint density at radius 1 is 1.15 bits per heavy atom. The number of nitrogens with zero attached hydrogens (tertiary/aromatic N) is 3. The van der Waals surface area contributed by atoms with Crippen LogP contribution in [0.5, 0.6) is 0 Å². The second-order valence-electron chi connectivity index (χ2n) is 7.26. The molecular weight excluding hydrogens is 336 g/mol. The van der Waals surface area contributed by atoms with E-state index >= 15 is 0 Å². The molecule has 1 aliphatic rings. The molecule has 0 bridgehead atoms. The maximum atomic E-state index is 12.4. The third-order valence-electron chi connectivity index (χ3n) is 5.01. The van der Waals surface area contributed by atoms with Gasteiger partial charge in [-0.3, -0.25) is 0 Å². The van der Waals surface area contributed by atoms with E-state index < -0.39 is 0 Å². The molecule has 2 heterocycles. The molecule has 0 aliphatic carbocycles. The molecule has 1 N–H and O–H groups in total. The van der Waals surface area contributed by atoms with Gasteiger partial charge in [0.2, 0.25) is 0 Å². The van der Waals surface area contributed by atoms with Crippen molar-refractivity contribution in [1.82, 2.24) is 19.8 Å². The van der Waals surface area contributed by atoms with Crippen LogP contribution in [0.15, 0.2) is 67.3 Å². The first-order valence-corrected chi connectivity index (χ1v) is 9.33. The van der Waals surface area contributed by atoms with Crippen LogP contribution in [0.4, 0.5) is 4.79 Å². The van der Waals surface area contributed by atoms with Crippen LogP contribution in [0.25, 0.3) is 5.69 Å². The van der Waals surface area contributed by atoms with Gasteiger partial charge in [-0.15, -0.1) is 0 Å². The van der Waals surface area contributed by atoms with E-state index in [0.29, 0.717) is 12.5 Å². The molecule has 0 spiro atoms. The molecule has 0 radical (unpaired) electrons. The van der Waals surface area contributed by atoms with Crippen LogP contribution in [0, 0.1) is 12.8 Å². The number of nitrogens with one attached hydrogen (secondary N) is 1. The van der Waals surface area contributed by atoms with Crippen LogP contribution in [0.3, 0.4) is 0 Å². The summed E-state index contributed by atoms with van der Waals surface area (Å²) in [5, 5.41) is 3.03. The van der Waals surface area contributed by atoms with E-state index in [4.69, 9.17) is 0 Å². The van der Waals surface area contributed by atoms with E-state index in [1.165, 1.54) is 11.1 Å². The fourth-order valence-electron chi connectivity index (χ4n) is 3.57. The lowest BCUT2D eigenvalue weighted by molar-refractivity contribution is 0.120. The summed E-state index contributed by atoms with van der Waals surface area (Å²) in [6, 6.07) is 16.8. The fraction of sp³-hybridized carbons (Fsp3) is 0.273. The number of benzene rings is 2. The summed E-state index contributed by atoms with van der Waals surface area (Å²) in [5.74, 6) is 0.558. The molecule has 4 rings (SSSR count). The normalized spacial score (nSPS) is 14.0. The minimum Gasteiger partial charge on any atom is -0.334 e. The highest BCUT2D eigenvalue weighted by molar-refractivity contribution is 5.75. The van der Waals surface area contributed by atoms with Crippen molar-refractivity contribution < 1.29 is 4.79 Å². The predicted molar refractivity (Wildman–Crippen MR) is 106 cm³/mol. The summed E-state index contributed by atoms with van der Waals surface area (Å²) in [4.78, 5) is 18.3. The number of hydrogen-bond donors (Lipinski definition) is 1. The maximum absolute atomic E-state index is 12.4. The third-order valence-corrected chi connectivity index (χ3v) is 5.01. The summed E-state index contributed by atoms with van der Waals surface area (Å²) < 4.78 is 1.96. The van der Waals surface area contributed by atoms with Crippen LogP contribution < -0.4 is 5.32 Å². The Kier molecular flexibility index (Phi) is 4.92. The molecule has 2 aromatic carbocycles. The number of aryl methyl sites for hydroxylation is 1. The Morgan fingerprint density at radius 3 is 2.74 bits per heavy atom. The van der Waals surface area contributed by atoms with Crippen molar-refractivity contribution in [1.29, 1.82) is 0 Å². The Hall–Kier alpha value is -3.08. The molecule has 0 atom stereocenters. The molecule has 0 saturated carbocycles. The van der Waals surface area contributed by atoms with E-state index in [1.807, 2.05) is 33.9 Å². The second kappa shape index (κ2) is 7.66. The highest BCUT2D eigenvalue weighted by Gasteiger charge is 2.30. The van der Waals surface area contributed by atoms with E-state index in [0.717, 1.165) is 30.8 Å². The average Bonchev–Trinajstić information content (AvgIpc) is 3.17. The standard InChI is InChI=1S/C22H24N4O/c1-17-4-2-5-18(10-17)11-20-14-26(15-20)22(27)24-13-19-6-3-7-21(12-19)25-9-8-23-16-25/h2-10,12,16,20H,11,13-15H2,1H3,(H,24,27). The van der Waals surface area contributed by atoms with E-state index in [9.17, 15) is 4.79 Å². The molecule has 2 amide bonds. The number of rotatable bonds is 5. The number of amides is 2. The molecule has 3 aromatic rings. The first-order chi connectivity index (χ1) is 13.2. The first-order valence-electron chi connectivity index (χ1n) is 9.33. The lowest BCUT2D eigenvalue weighted by Crippen LogP contribution is -2.54. The summed E-state index contributed by atoms with van der Waals surface area (Å²) in [7, 11) is 0. The molecule has 1 aromatic heterocycles. The molecule has 5 heteroatoms. The zero-order valence-corrected chi connectivity index (χ0v) is 15.5. The van der Waals surface area contributed by atoms with Crippen LogP contribution in [0.1, 0.15) is 16.7 Å². The number of hydrogen-bond acceptors (Lipinski definition) is 2. The van der Waals surface area contributed by atoms with Gasteiger partial charge in [0.25, 0.3) is 0 Å².